The highest BCUT2D eigenvalue weighted by Gasteiger charge is 2.34. The van der Waals surface area contributed by atoms with Gasteiger partial charge in [-0.25, -0.2) is 0 Å². The van der Waals surface area contributed by atoms with Crippen molar-refractivity contribution in [2.45, 2.75) is 44.6 Å². The van der Waals surface area contributed by atoms with Crippen molar-refractivity contribution in [3.05, 3.63) is 0 Å². The Balaban J connectivity index is 1.79. The average Bonchev–Trinajstić information content (AvgIpc) is 2.68. The van der Waals surface area contributed by atoms with Crippen LogP contribution >= 0.6 is 0 Å². The maximum atomic E-state index is 11.8. The summed E-state index contributed by atoms with van der Waals surface area (Å²) in [6.45, 7) is 7.49. The zero-order valence-corrected chi connectivity index (χ0v) is 14.6. The highest BCUT2D eigenvalue weighted by Crippen LogP contribution is 2.32. The monoisotopic (exact) mass is 311 g/mol. The smallest absolute Gasteiger partial charge is 0.236 e. The number of carbonyl (C=O) groups is 1. The Morgan fingerprint density at radius 1 is 1.14 bits per heavy atom. The average molecular weight is 311 g/mol. The molecule has 0 radical (unpaired) electrons. The second kappa shape index (κ2) is 7.75. The molecule has 1 aliphatic carbocycles. The van der Waals surface area contributed by atoms with E-state index in [9.17, 15) is 9.90 Å². The fraction of sp³-hybridized carbons (Fsp3) is 0.941. The first kappa shape index (κ1) is 17.7. The number of amides is 1. The van der Waals surface area contributed by atoms with Gasteiger partial charge in [0.25, 0.3) is 0 Å². The number of hydrogen-bond acceptors (Lipinski definition) is 4. The summed E-state index contributed by atoms with van der Waals surface area (Å²) in [5.41, 5.74) is -0.485. The fourth-order valence-electron chi connectivity index (χ4n) is 3.55. The van der Waals surface area contributed by atoms with Gasteiger partial charge in [0.15, 0.2) is 0 Å². The summed E-state index contributed by atoms with van der Waals surface area (Å²) in [5.74, 6) is 0.935. The fourth-order valence-corrected chi connectivity index (χ4v) is 3.55. The van der Waals surface area contributed by atoms with Crippen LogP contribution in [0.5, 0.6) is 0 Å². The van der Waals surface area contributed by atoms with Crippen LogP contribution in [0.1, 0.15) is 39.0 Å². The zero-order valence-electron chi connectivity index (χ0n) is 14.6. The quantitative estimate of drug-likeness (QED) is 0.842. The van der Waals surface area contributed by atoms with Crippen LogP contribution < -0.4 is 0 Å². The topological polar surface area (TPSA) is 47.0 Å². The van der Waals surface area contributed by atoms with Gasteiger partial charge in [-0.1, -0.05) is 6.92 Å². The van der Waals surface area contributed by atoms with Crippen molar-refractivity contribution >= 4 is 5.91 Å². The Morgan fingerprint density at radius 2 is 1.73 bits per heavy atom. The van der Waals surface area contributed by atoms with Crippen LogP contribution in [0.4, 0.5) is 0 Å². The predicted octanol–water partition coefficient (Wildman–Crippen LogP) is 1.02. The van der Waals surface area contributed by atoms with Crippen molar-refractivity contribution in [1.82, 2.24) is 14.7 Å². The van der Waals surface area contributed by atoms with Crippen molar-refractivity contribution in [1.29, 1.82) is 0 Å². The molecule has 0 spiro atoms. The molecule has 0 aromatic rings. The molecule has 2 rings (SSSR count). The van der Waals surface area contributed by atoms with Gasteiger partial charge in [-0.3, -0.25) is 14.6 Å². The molecular formula is C17H33N3O2. The second-order valence-electron chi connectivity index (χ2n) is 7.60. The third kappa shape index (κ3) is 5.21. The van der Waals surface area contributed by atoms with E-state index in [-0.39, 0.29) is 5.91 Å². The molecule has 5 nitrogen and oxygen atoms in total. The van der Waals surface area contributed by atoms with Crippen molar-refractivity contribution in [3.8, 4) is 0 Å². The van der Waals surface area contributed by atoms with E-state index in [1.165, 1.54) is 0 Å². The second-order valence-corrected chi connectivity index (χ2v) is 7.60. The van der Waals surface area contributed by atoms with Gasteiger partial charge in [0.05, 0.1) is 12.1 Å². The predicted molar refractivity (Wildman–Crippen MR) is 88.8 cm³/mol. The molecule has 0 aromatic heterocycles. The van der Waals surface area contributed by atoms with Crippen LogP contribution in [0.25, 0.3) is 0 Å². The molecule has 128 valence electrons. The standard InChI is InChI=1S/C17H33N3O2/c1-15-5-7-17(22,8-6-15)14-20-10-4-9-19(11-12-20)13-16(21)18(2)3/h15,22H,4-14H2,1-3H3. The molecular weight excluding hydrogens is 278 g/mol. The summed E-state index contributed by atoms with van der Waals surface area (Å²) in [5, 5.41) is 10.8. The van der Waals surface area contributed by atoms with Gasteiger partial charge in [0.1, 0.15) is 0 Å². The van der Waals surface area contributed by atoms with Gasteiger partial charge in [0, 0.05) is 33.7 Å². The maximum Gasteiger partial charge on any atom is 0.236 e. The highest BCUT2D eigenvalue weighted by molar-refractivity contribution is 5.77. The van der Waals surface area contributed by atoms with E-state index in [4.69, 9.17) is 0 Å². The van der Waals surface area contributed by atoms with Crippen LogP contribution in [-0.2, 0) is 4.79 Å². The largest absolute Gasteiger partial charge is 0.389 e. The summed E-state index contributed by atoms with van der Waals surface area (Å²) in [4.78, 5) is 18.1. The van der Waals surface area contributed by atoms with Crippen LogP contribution in [0.3, 0.4) is 0 Å². The highest BCUT2D eigenvalue weighted by atomic mass is 16.3. The number of β-amino-alcohol motifs (C(OH)–C–C–N with tert-alkyl or cyclic N) is 1. The molecule has 22 heavy (non-hydrogen) atoms. The number of aliphatic hydroxyl groups is 1. The molecule has 1 saturated carbocycles. The lowest BCUT2D eigenvalue weighted by molar-refractivity contribution is -0.129. The summed E-state index contributed by atoms with van der Waals surface area (Å²) in [6, 6.07) is 0. The van der Waals surface area contributed by atoms with Crippen molar-refractivity contribution in [2.75, 3.05) is 53.4 Å². The third-order valence-electron chi connectivity index (χ3n) is 5.26. The molecule has 1 N–H and O–H groups in total. The Kier molecular flexibility index (Phi) is 6.24. The molecule has 0 aromatic carbocycles. The maximum absolute atomic E-state index is 11.8. The molecule has 1 saturated heterocycles. The van der Waals surface area contributed by atoms with Gasteiger partial charge < -0.3 is 10.0 Å². The Labute approximate surface area is 135 Å². The van der Waals surface area contributed by atoms with Crippen molar-refractivity contribution < 1.29 is 9.90 Å². The first-order valence-corrected chi connectivity index (χ1v) is 8.75. The minimum Gasteiger partial charge on any atom is -0.389 e. The van der Waals surface area contributed by atoms with E-state index in [0.29, 0.717) is 6.54 Å². The van der Waals surface area contributed by atoms with E-state index in [2.05, 4.69) is 16.7 Å². The number of likely N-dealkylation sites (N-methyl/N-ethyl adjacent to an activating group) is 1. The lowest BCUT2D eigenvalue weighted by Gasteiger charge is -2.38. The van der Waals surface area contributed by atoms with Gasteiger partial charge in [-0.2, -0.15) is 0 Å². The van der Waals surface area contributed by atoms with Gasteiger partial charge in [0.2, 0.25) is 5.91 Å². The Hall–Kier alpha value is -0.650. The van der Waals surface area contributed by atoms with E-state index in [0.717, 1.165) is 70.7 Å². The molecule has 2 fully saturated rings. The van der Waals surface area contributed by atoms with E-state index >= 15 is 0 Å². The molecule has 0 atom stereocenters. The number of nitrogens with zero attached hydrogens (tertiary/aromatic N) is 3. The summed E-state index contributed by atoms with van der Waals surface area (Å²) >= 11 is 0. The molecule has 0 bridgehead atoms. The molecule has 2 aliphatic rings. The number of hydrogen-bond donors (Lipinski definition) is 1. The normalized spacial score (nSPS) is 31.7. The van der Waals surface area contributed by atoms with E-state index in [1.807, 2.05) is 14.1 Å². The van der Waals surface area contributed by atoms with Crippen molar-refractivity contribution in [2.24, 2.45) is 5.92 Å². The van der Waals surface area contributed by atoms with Crippen LogP contribution in [0, 0.1) is 5.92 Å². The third-order valence-corrected chi connectivity index (χ3v) is 5.26. The molecule has 0 unspecified atom stereocenters. The van der Waals surface area contributed by atoms with E-state index < -0.39 is 5.60 Å². The number of rotatable bonds is 4. The minimum absolute atomic E-state index is 0.174. The molecule has 5 heteroatoms. The van der Waals surface area contributed by atoms with Crippen LogP contribution in [0.2, 0.25) is 0 Å². The first-order valence-electron chi connectivity index (χ1n) is 8.75. The van der Waals surface area contributed by atoms with Gasteiger partial charge >= 0.3 is 0 Å². The molecule has 1 heterocycles. The lowest BCUT2D eigenvalue weighted by atomic mass is 9.79. The molecule has 1 aliphatic heterocycles. The lowest BCUT2D eigenvalue weighted by Crippen LogP contribution is -2.46. The SMILES string of the molecule is CC1CCC(O)(CN2CCCN(CC(=O)N(C)C)CC2)CC1. The number of carbonyl (C=O) groups excluding carboxylic acids is 1. The van der Waals surface area contributed by atoms with Crippen LogP contribution in [0.15, 0.2) is 0 Å². The summed E-state index contributed by atoms with van der Waals surface area (Å²) in [7, 11) is 3.62. The summed E-state index contributed by atoms with van der Waals surface area (Å²) in [6.07, 6.45) is 5.25. The van der Waals surface area contributed by atoms with Gasteiger partial charge in [-0.15, -0.1) is 0 Å². The minimum atomic E-state index is -0.485. The van der Waals surface area contributed by atoms with E-state index in [1.54, 1.807) is 4.90 Å². The Morgan fingerprint density at radius 3 is 2.36 bits per heavy atom. The molecule has 1 amide bonds. The summed E-state index contributed by atoms with van der Waals surface area (Å²) < 4.78 is 0. The van der Waals surface area contributed by atoms with Gasteiger partial charge in [-0.05, 0) is 51.1 Å². The van der Waals surface area contributed by atoms with Crippen LogP contribution in [-0.4, -0.2) is 84.7 Å². The zero-order chi connectivity index (χ0) is 16.2. The Bertz CT molecular complexity index is 365. The first-order chi connectivity index (χ1) is 10.4. The van der Waals surface area contributed by atoms with Crippen molar-refractivity contribution in [3.63, 3.8) is 0 Å².